The van der Waals surface area contributed by atoms with Crippen LogP contribution in [-0.2, 0) is 22.9 Å². The molecule has 0 aromatic heterocycles. The monoisotopic (exact) mass is 306 g/mol. The first-order chi connectivity index (χ1) is 7.99. The molecule has 0 amide bonds. The molecule has 0 saturated carbocycles. The van der Waals surface area contributed by atoms with E-state index < -0.39 is 46.9 Å². The van der Waals surface area contributed by atoms with E-state index in [9.17, 15) is 33.8 Å². The highest BCUT2D eigenvalue weighted by atomic mass is 31.2. The molecule has 1 aliphatic rings. The summed E-state index contributed by atoms with van der Waals surface area (Å²) in [7, 11) is -10.8. The maximum atomic E-state index is 10.3. The summed E-state index contributed by atoms with van der Waals surface area (Å²) < 4.78 is 32.5. The number of phosphoric acid groups is 2. The quantitative estimate of drug-likeness (QED) is 0.462. The first kappa shape index (κ1) is 16.2. The van der Waals surface area contributed by atoms with E-state index in [0.29, 0.717) is 0 Å². The van der Waals surface area contributed by atoms with Crippen molar-refractivity contribution < 1.29 is 52.7 Å². The molecule has 0 aromatic rings. The lowest BCUT2D eigenvalue weighted by Gasteiger charge is -2.33. The van der Waals surface area contributed by atoms with Crippen LogP contribution in [0.5, 0.6) is 0 Å². The molecule has 0 aliphatic carbocycles. The Labute approximate surface area is 100 Å². The van der Waals surface area contributed by atoms with Crippen molar-refractivity contribution in [2.45, 2.75) is 24.6 Å². The Morgan fingerprint density at radius 1 is 1.11 bits per heavy atom. The van der Waals surface area contributed by atoms with E-state index in [-0.39, 0.29) is 0 Å². The number of ether oxygens (including phenoxy) is 1. The Morgan fingerprint density at radius 3 is 2.11 bits per heavy atom. The van der Waals surface area contributed by atoms with Gasteiger partial charge in [0, 0.05) is 0 Å². The van der Waals surface area contributed by atoms with Gasteiger partial charge in [0.25, 0.3) is 0 Å². The minimum atomic E-state index is -5.49. The van der Waals surface area contributed by atoms with Gasteiger partial charge in [-0.2, -0.15) is 0 Å². The van der Waals surface area contributed by atoms with E-state index >= 15 is 0 Å². The van der Waals surface area contributed by atoms with Gasteiger partial charge in [-0.1, -0.05) is 0 Å². The van der Waals surface area contributed by atoms with Crippen LogP contribution in [0.4, 0.5) is 0 Å². The van der Waals surface area contributed by atoms with Crippen LogP contribution in [0.1, 0.15) is 0 Å². The molecule has 4 atom stereocenters. The van der Waals surface area contributed by atoms with Crippen molar-refractivity contribution in [3.05, 3.63) is 0 Å². The fourth-order valence-corrected chi connectivity index (χ4v) is 2.14. The zero-order chi connectivity index (χ0) is 14.1. The Bertz CT molecular complexity index is 372. The van der Waals surface area contributed by atoms with Crippen LogP contribution >= 0.6 is 15.6 Å². The second kappa shape index (κ2) is 5.61. The lowest BCUT2D eigenvalue weighted by molar-refractivity contribution is -0.349. The van der Waals surface area contributed by atoms with E-state index in [2.05, 4.69) is 13.8 Å². The summed E-state index contributed by atoms with van der Waals surface area (Å²) in [5.74, 6) is 0. The highest BCUT2D eigenvalue weighted by molar-refractivity contribution is 7.43. The lowest BCUT2D eigenvalue weighted by atomic mass is 10.1. The number of hydrogen-bond acceptors (Lipinski definition) is 11. The van der Waals surface area contributed by atoms with E-state index in [0.717, 1.165) is 0 Å². The molecule has 0 aromatic carbocycles. The van der Waals surface area contributed by atoms with Gasteiger partial charge < -0.3 is 52.7 Å². The van der Waals surface area contributed by atoms with Gasteiger partial charge in [0.1, 0.15) is 18.3 Å². The van der Waals surface area contributed by atoms with Crippen LogP contribution in [0.15, 0.2) is 0 Å². The van der Waals surface area contributed by atoms with Crippen molar-refractivity contribution >= 4 is 15.6 Å². The molecule has 1 unspecified atom stereocenters. The Balaban J connectivity index is 2.61. The van der Waals surface area contributed by atoms with Crippen LogP contribution in [0.3, 0.4) is 0 Å². The van der Waals surface area contributed by atoms with Crippen LogP contribution < -0.4 is 19.6 Å². The van der Waals surface area contributed by atoms with Crippen molar-refractivity contribution in [2.75, 3.05) is 6.61 Å². The second-order valence-electron chi connectivity index (χ2n) is 3.32. The van der Waals surface area contributed by atoms with Crippen molar-refractivity contribution in [2.24, 2.45) is 0 Å². The lowest BCUT2D eigenvalue weighted by Crippen LogP contribution is -2.38. The van der Waals surface area contributed by atoms with Crippen LogP contribution in [0, 0.1) is 0 Å². The smallest absolute Gasteiger partial charge is 0.184 e. The molecule has 1 fully saturated rings. The van der Waals surface area contributed by atoms with E-state index in [4.69, 9.17) is 5.11 Å². The molecule has 0 bridgehead atoms. The van der Waals surface area contributed by atoms with Gasteiger partial charge >= 0.3 is 0 Å². The zero-order valence-corrected chi connectivity index (χ0v) is 10.3. The van der Waals surface area contributed by atoms with Gasteiger partial charge in [-0.15, -0.1) is 0 Å². The van der Waals surface area contributed by atoms with Gasteiger partial charge in [-0.25, -0.2) is 0 Å². The number of aliphatic hydroxyl groups is 2. The third-order valence-corrected chi connectivity index (χ3v) is 2.93. The van der Waals surface area contributed by atoms with Gasteiger partial charge in [0.05, 0.1) is 22.3 Å². The van der Waals surface area contributed by atoms with Crippen molar-refractivity contribution in [3.63, 3.8) is 0 Å². The van der Waals surface area contributed by atoms with E-state index in [1.165, 1.54) is 0 Å². The maximum Gasteiger partial charge on any atom is 0.184 e. The molecule has 0 spiro atoms. The number of rotatable bonds is 5. The Morgan fingerprint density at radius 2 is 1.67 bits per heavy atom. The fourth-order valence-electron chi connectivity index (χ4n) is 1.28. The molecule has 1 saturated heterocycles. The first-order valence-electron chi connectivity index (χ1n) is 4.38. The van der Waals surface area contributed by atoms with Crippen molar-refractivity contribution in [1.82, 2.24) is 0 Å². The third-order valence-electron chi connectivity index (χ3n) is 1.96. The van der Waals surface area contributed by atoms with Gasteiger partial charge in [0.15, 0.2) is 6.29 Å². The van der Waals surface area contributed by atoms with Crippen LogP contribution in [-0.4, -0.2) is 41.4 Å². The van der Waals surface area contributed by atoms with Gasteiger partial charge in [-0.05, 0) is 0 Å². The summed E-state index contributed by atoms with van der Waals surface area (Å²) in [5.41, 5.74) is 0. The Hall–Kier alpha value is 0.1000. The summed E-state index contributed by atoms with van der Waals surface area (Å²) in [6.07, 6.45) is -7.30. The van der Waals surface area contributed by atoms with Crippen molar-refractivity contribution in [3.8, 4) is 0 Å². The summed E-state index contributed by atoms with van der Waals surface area (Å²) >= 11 is 0. The predicted octanol–water partition coefficient (Wildman–Crippen LogP) is -4.88. The molecular weight excluding hydrogens is 298 g/mol. The molecule has 1 aliphatic heterocycles. The standard InChI is InChI=1S/C5H12O11P2/c6-3-2(1-14-17(8,9)10)15-5(7)4(3)16-18(11,12)13/h2-7H,1H2,(H2,8,9,10)(H2,11,12,13)/p-4/t2-,3-,4-,5?/m1/s1. The molecular formula is C5H8O11P2-4. The van der Waals surface area contributed by atoms with Gasteiger partial charge in [-0.3, -0.25) is 0 Å². The first-order valence-corrected chi connectivity index (χ1v) is 7.30. The molecule has 13 heteroatoms. The third kappa shape index (κ3) is 5.00. The summed E-state index contributed by atoms with van der Waals surface area (Å²) in [6.45, 7) is -0.954. The highest BCUT2D eigenvalue weighted by Crippen LogP contribution is 2.35. The zero-order valence-electron chi connectivity index (χ0n) is 8.48. The Kier molecular flexibility index (Phi) is 5.04. The van der Waals surface area contributed by atoms with Gasteiger partial charge in [0.2, 0.25) is 0 Å². The fraction of sp³-hybridized carbons (Fsp3) is 1.00. The summed E-state index contributed by atoms with van der Waals surface area (Å²) in [5, 5.41) is 18.5. The van der Waals surface area contributed by atoms with Crippen molar-refractivity contribution in [1.29, 1.82) is 0 Å². The number of phosphoric ester groups is 2. The predicted molar refractivity (Wildman–Crippen MR) is 42.9 cm³/mol. The molecule has 1 heterocycles. The molecule has 18 heavy (non-hydrogen) atoms. The minimum absolute atomic E-state index is 0.954. The molecule has 0 radical (unpaired) electrons. The average Bonchev–Trinajstić information content (AvgIpc) is 2.39. The van der Waals surface area contributed by atoms with Crippen LogP contribution in [0.2, 0.25) is 0 Å². The molecule has 2 N–H and O–H groups in total. The summed E-state index contributed by atoms with van der Waals surface area (Å²) in [4.78, 5) is 40.9. The SMILES string of the molecule is O=P([O-])([O-])OC[C@H]1OC(O)[C@H](OP(=O)([O-])[O-])[C@@H]1O. The molecule has 1 rings (SSSR count). The maximum absolute atomic E-state index is 10.3. The van der Waals surface area contributed by atoms with E-state index in [1.807, 2.05) is 0 Å². The normalized spacial score (nSPS) is 33.9. The molecule has 11 nitrogen and oxygen atoms in total. The second-order valence-corrected chi connectivity index (χ2v) is 5.57. The summed E-state index contributed by atoms with van der Waals surface area (Å²) in [6, 6.07) is 0. The number of hydrogen-bond donors (Lipinski definition) is 2. The number of aliphatic hydroxyl groups excluding tert-OH is 2. The van der Waals surface area contributed by atoms with E-state index in [1.54, 1.807) is 0 Å². The highest BCUT2D eigenvalue weighted by Gasteiger charge is 2.44. The largest absolute Gasteiger partial charge is 0.790 e. The average molecular weight is 306 g/mol. The van der Waals surface area contributed by atoms with Crippen LogP contribution in [0.25, 0.3) is 0 Å². The topological polar surface area (TPSA) is 195 Å². The minimum Gasteiger partial charge on any atom is -0.790 e. The molecule has 108 valence electrons.